The summed E-state index contributed by atoms with van der Waals surface area (Å²) < 4.78 is 11.9. The van der Waals surface area contributed by atoms with Crippen LogP contribution in [0.15, 0.2) is 44.7 Å². The average Bonchev–Trinajstić information content (AvgIpc) is 2.73. The lowest BCUT2D eigenvalue weighted by Gasteiger charge is -2.10. The van der Waals surface area contributed by atoms with E-state index in [2.05, 4.69) is 30.8 Å². The van der Waals surface area contributed by atoms with E-state index in [4.69, 9.17) is 27.9 Å². The van der Waals surface area contributed by atoms with Gasteiger partial charge in [-0.25, -0.2) is 9.78 Å². The SMILES string of the molecule is CCCc1nc2ccc(Br)cc2c(=O)n1N=Cc1cc(Cl)c(OCC(=O)OC)c(Cl)c1. The Balaban J connectivity index is 1.99. The molecule has 162 valence electrons. The molecule has 0 unspecified atom stereocenters. The van der Waals surface area contributed by atoms with Gasteiger partial charge in [0.2, 0.25) is 0 Å². The molecule has 0 aliphatic heterocycles. The van der Waals surface area contributed by atoms with E-state index in [9.17, 15) is 9.59 Å². The molecule has 0 saturated carbocycles. The van der Waals surface area contributed by atoms with Crippen LogP contribution in [0.3, 0.4) is 0 Å². The Labute approximate surface area is 196 Å². The van der Waals surface area contributed by atoms with E-state index < -0.39 is 5.97 Å². The molecule has 0 spiro atoms. The largest absolute Gasteiger partial charge is 0.479 e. The first-order chi connectivity index (χ1) is 14.8. The predicted molar refractivity (Wildman–Crippen MR) is 125 cm³/mol. The summed E-state index contributed by atoms with van der Waals surface area (Å²) in [5.74, 6) is 0.150. The summed E-state index contributed by atoms with van der Waals surface area (Å²) in [7, 11) is 1.25. The lowest BCUT2D eigenvalue weighted by atomic mass is 10.2. The summed E-state index contributed by atoms with van der Waals surface area (Å²) in [5, 5.41) is 5.18. The maximum absolute atomic E-state index is 13.0. The molecule has 0 saturated heterocycles. The molecule has 7 nitrogen and oxygen atoms in total. The Morgan fingerprint density at radius 2 is 1.97 bits per heavy atom. The van der Waals surface area contributed by atoms with Crippen LogP contribution in [0.5, 0.6) is 5.75 Å². The van der Waals surface area contributed by atoms with Crippen molar-refractivity contribution >= 4 is 62.2 Å². The number of esters is 1. The summed E-state index contributed by atoms with van der Waals surface area (Å²) in [6.07, 6.45) is 2.85. The Kier molecular flexibility index (Phi) is 7.69. The van der Waals surface area contributed by atoms with Crippen molar-refractivity contribution in [1.29, 1.82) is 0 Å². The lowest BCUT2D eigenvalue weighted by Crippen LogP contribution is -2.22. The van der Waals surface area contributed by atoms with Gasteiger partial charge in [0.25, 0.3) is 5.56 Å². The minimum Gasteiger partial charge on any atom is -0.479 e. The van der Waals surface area contributed by atoms with Crippen molar-refractivity contribution in [2.45, 2.75) is 19.8 Å². The van der Waals surface area contributed by atoms with Crippen molar-refractivity contribution in [2.75, 3.05) is 13.7 Å². The standard InChI is InChI=1S/C21H18BrCl2N3O4/c1-3-4-18-26-17-6-5-13(22)9-14(17)21(29)27(18)25-10-12-7-15(23)20(16(24)8-12)31-11-19(28)30-2/h5-10H,3-4,11H2,1-2H3. The zero-order valence-corrected chi connectivity index (χ0v) is 19.8. The van der Waals surface area contributed by atoms with E-state index in [0.29, 0.717) is 28.7 Å². The molecule has 31 heavy (non-hydrogen) atoms. The summed E-state index contributed by atoms with van der Waals surface area (Å²) in [6.45, 7) is 1.68. The van der Waals surface area contributed by atoms with Gasteiger partial charge in [0.05, 0.1) is 34.3 Å². The number of fused-ring (bicyclic) bond motifs is 1. The molecule has 1 aromatic heterocycles. The van der Waals surface area contributed by atoms with Gasteiger partial charge in [-0.2, -0.15) is 9.78 Å². The fourth-order valence-corrected chi connectivity index (χ4v) is 3.78. The first kappa shape index (κ1) is 23.2. The van der Waals surface area contributed by atoms with Gasteiger partial charge >= 0.3 is 5.97 Å². The van der Waals surface area contributed by atoms with Crippen LogP contribution in [0, 0.1) is 0 Å². The highest BCUT2D eigenvalue weighted by Crippen LogP contribution is 2.33. The fourth-order valence-electron chi connectivity index (χ4n) is 2.81. The number of benzene rings is 2. The molecule has 0 bridgehead atoms. The number of hydrogen-bond acceptors (Lipinski definition) is 6. The van der Waals surface area contributed by atoms with Gasteiger partial charge in [-0.15, -0.1) is 0 Å². The monoisotopic (exact) mass is 525 g/mol. The number of aromatic nitrogens is 2. The number of halogens is 3. The molecule has 0 fully saturated rings. The van der Waals surface area contributed by atoms with Gasteiger partial charge in [-0.1, -0.05) is 46.1 Å². The van der Waals surface area contributed by atoms with E-state index in [1.807, 2.05) is 13.0 Å². The van der Waals surface area contributed by atoms with Crippen LogP contribution in [-0.2, 0) is 16.0 Å². The zero-order chi connectivity index (χ0) is 22.5. The summed E-state index contributed by atoms with van der Waals surface area (Å²) in [5.41, 5.74) is 0.881. The van der Waals surface area contributed by atoms with E-state index in [1.165, 1.54) is 18.0 Å². The van der Waals surface area contributed by atoms with E-state index >= 15 is 0 Å². The maximum atomic E-state index is 13.0. The number of rotatable bonds is 7. The van der Waals surface area contributed by atoms with Crippen LogP contribution in [0.25, 0.3) is 10.9 Å². The number of hydrogen-bond donors (Lipinski definition) is 0. The van der Waals surface area contributed by atoms with Crippen LogP contribution < -0.4 is 10.3 Å². The molecular weight excluding hydrogens is 509 g/mol. The third-order valence-electron chi connectivity index (χ3n) is 4.25. The van der Waals surface area contributed by atoms with Gasteiger partial charge in [-0.05, 0) is 42.3 Å². The van der Waals surface area contributed by atoms with Crippen LogP contribution >= 0.6 is 39.1 Å². The van der Waals surface area contributed by atoms with Crippen molar-refractivity contribution in [3.05, 3.63) is 66.6 Å². The number of methoxy groups -OCH3 is 1. The number of nitrogens with zero attached hydrogens (tertiary/aromatic N) is 3. The van der Waals surface area contributed by atoms with Crippen LogP contribution in [-0.4, -0.2) is 35.6 Å². The minimum absolute atomic E-state index is 0.159. The topological polar surface area (TPSA) is 82.8 Å². The smallest absolute Gasteiger partial charge is 0.343 e. The summed E-state index contributed by atoms with van der Waals surface area (Å²) in [4.78, 5) is 28.9. The highest BCUT2D eigenvalue weighted by molar-refractivity contribution is 9.10. The second-order valence-corrected chi connectivity index (χ2v) is 8.21. The van der Waals surface area contributed by atoms with Crippen LogP contribution in [0.2, 0.25) is 10.0 Å². The average molecular weight is 527 g/mol. The number of aryl methyl sites for hydroxylation is 1. The zero-order valence-electron chi connectivity index (χ0n) is 16.7. The molecule has 0 aliphatic rings. The molecule has 0 atom stereocenters. The molecule has 3 aromatic rings. The number of carbonyl (C=O) groups excluding carboxylic acids is 1. The van der Waals surface area contributed by atoms with Gasteiger partial charge in [0.15, 0.2) is 12.4 Å². The Morgan fingerprint density at radius 3 is 2.61 bits per heavy atom. The van der Waals surface area contributed by atoms with Crippen LogP contribution in [0.1, 0.15) is 24.7 Å². The van der Waals surface area contributed by atoms with Gasteiger partial charge in [-0.3, -0.25) is 4.79 Å². The van der Waals surface area contributed by atoms with Crippen molar-refractivity contribution < 1.29 is 14.3 Å². The highest BCUT2D eigenvalue weighted by Gasteiger charge is 2.13. The third-order valence-corrected chi connectivity index (χ3v) is 5.31. The van der Waals surface area contributed by atoms with Gasteiger partial charge < -0.3 is 9.47 Å². The number of carbonyl (C=O) groups is 1. The molecule has 0 aliphatic carbocycles. The normalized spacial score (nSPS) is 11.3. The molecule has 0 radical (unpaired) electrons. The number of ether oxygens (including phenoxy) is 2. The van der Waals surface area contributed by atoms with E-state index in [0.717, 1.165) is 10.9 Å². The van der Waals surface area contributed by atoms with Crippen molar-refractivity contribution in [3.8, 4) is 5.75 Å². The molecular formula is C21H18BrCl2N3O4. The predicted octanol–water partition coefficient (Wildman–Crippen LogP) is 4.85. The summed E-state index contributed by atoms with van der Waals surface area (Å²) in [6, 6.07) is 8.48. The third kappa shape index (κ3) is 5.44. The van der Waals surface area contributed by atoms with Crippen molar-refractivity contribution in [3.63, 3.8) is 0 Å². The Hall–Kier alpha value is -2.42. The highest BCUT2D eigenvalue weighted by atomic mass is 79.9. The fraction of sp³-hybridized carbons (Fsp3) is 0.238. The second kappa shape index (κ2) is 10.3. The molecule has 0 N–H and O–H groups in total. The van der Waals surface area contributed by atoms with Gasteiger partial charge in [0.1, 0.15) is 5.82 Å². The molecule has 2 aromatic carbocycles. The Bertz CT molecular complexity index is 1200. The van der Waals surface area contributed by atoms with Crippen LogP contribution in [0.4, 0.5) is 0 Å². The first-order valence-corrected chi connectivity index (χ1v) is 10.8. The van der Waals surface area contributed by atoms with E-state index in [-0.39, 0.29) is 28.0 Å². The Morgan fingerprint density at radius 1 is 1.26 bits per heavy atom. The summed E-state index contributed by atoms with van der Waals surface area (Å²) >= 11 is 15.9. The molecule has 1 heterocycles. The quantitative estimate of drug-likeness (QED) is 0.324. The van der Waals surface area contributed by atoms with Gasteiger partial charge in [0, 0.05) is 10.9 Å². The molecule has 0 amide bonds. The lowest BCUT2D eigenvalue weighted by molar-refractivity contribution is -0.142. The first-order valence-electron chi connectivity index (χ1n) is 9.28. The maximum Gasteiger partial charge on any atom is 0.343 e. The van der Waals surface area contributed by atoms with E-state index in [1.54, 1.807) is 24.3 Å². The molecule has 3 rings (SSSR count). The molecule has 10 heteroatoms. The second-order valence-electron chi connectivity index (χ2n) is 6.48. The van der Waals surface area contributed by atoms with Crippen molar-refractivity contribution in [2.24, 2.45) is 5.10 Å². The minimum atomic E-state index is -0.559. The van der Waals surface area contributed by atoms with Crippen molar-refractivity contribution in [1.82, 2.24) is 9.66 Å².